The summed E-state index contributed by atoms with van der Waals surface area (Å²) in [7, 11) is 0. The van der Waals surface area contributed by atoms with Crippen LogP contribution < -0.4 is 0 Å². The molecule has 1 heteroatoms. The van der Waals surface area contributed by atoms with Crippen LogP contribution in [-0.2, 0) is 0 Å². The van der Waals surface area contributed by atoms with E-state index >= 15 is 0 Å². The van der Waals surface area contributed by atoms with Crippen LogP contribution in [0.15, 0.2) is 0 Å². The van der Waals surface area contributed by atoms with Gasteiger partial charge in [-0.3, -0.25) is 0 Å². The molecule has 1 rings (SSSR count). The van der Waals surface area contributed by atoms with E-state index in [-0.39, 0.29) is 6.10 Å². The second-order valence-corrected chi connectivity index (χ2v) is 4.77. The predicted octanol–water partition coefficient (Wildman–Crippen LogP) is 4.04. The largest absolute Gasteiger partial charge is 0.393 e. The minimum atomic E-state index is -0.00393. The molecule has 0 atom stereocenters. The molecule has 1 nitrogen and oxygen atoms in total. The molecule has 0 heterocycles. The van der Waals surface area contributed by atoms with E-state index in [0.29, 0.717) is 0 Å². The summed E-state index contributed by atoms with van der Waals surface area (Å²) in [5.41, 5.74) is 0. The van der Waals surface area contributed by atoms with Crippen molar-refractivity contribution in [3.63, 3.8) is 0 Å². The summed E-state index contributed by atoms with van der Waals surface area (Å²) in [6.07, 6.45) is 15.7. The van der Waals surface area contributed by atoms with Crippen molar-refractivity contribution in [2.45, 2.75) is 83.2 Å². The Morgan fingerprint density at radius 3 is 1.14 bits per heavy atom. The van der Waals surface area contributed by atoms with Gasteiger partial charge < -0.3 is 5.11 Å². The first-order valence-corrected chi connectivity index (χ1v) is 6.57. The van der Waals surface area contributed by atoms with Gasteiger partial charge in [0.2, 0.25) is 0 Å². The van der Waals surface area contributed by atoms with Gasteiger partial charge >= 0.3 is 0 Å². The van der Waals surface area contributed by atoms with Gasteiger partial charge in [0.1, 0.15) is 0 Å². The van der Waals surface area contributed by atoms with Crippen molar-refractivity contribution < 1.29 is 5.11 Å². The van der Waals surface area contributed by atoms with Gasteiger partial charge in [-0.05, 0) is 12.8 Å². The van der Waals surface area contributed by atoms with Crippen molar-refractivity contribution >= 4 is 0 Å². The van der Waals surface area contributed by atoms with E-state index < -0.39 is 0 Å². The molecule has 84 valence electrons. The number of hydrogen-bond donors (Lipinski definition) is 1. The van der Waals surface area contributed by atoms with E-state index in [1.165, 1.54) is 64.2 Å². The zero-order valence-electron chi connectivity index (χ0n) is 9.51. The quantitative estimate of drug-likeness (QED) is 0.623. The summed E-state index contributed by atoms with van der Waals surface area (Å²) < 4.78 is 0. The number of aliphatic hydroxyl groups excluding tert-OH is 1. The molecule has 0 unspecified atom stereocenters. The summed E-state index contributed by atoms with van der Waals surface area (Å²) in [5.74, 6) is 0. The van der Waals surface area contributed by atoms with Gasteiger partial charge in [-0.15, -0.1) is 0 Å². The smallest absolute Gasteiger partial charge is 0.0540 e. The summed E-state index contributed by atoms with van der Waals surface area (Å²) in [4.78, 5) is 0. The normalized spacial score (nSPS) is 24.6. The molecule has 1 N–H and O–H groups in total. The van der Waals surface area contributed by atoms with Crippen molar-refractivity contribution in [2.24, 2.45) is 0 Å². The first kappa shape index (κ1) is 12.0. The highest BCUT2D eigenvalue weighted by Crippen LogP contribution is 2.16. The Hall–Kier alpha value is -0.0400. The average molecular weight is 198 g/mol. The van der Waals surface area contributed by atoms with Crippen LogP contribution >= 0.6 is 0 Å². The molecule has 0 radical (unpaired) electrons. The summed E-state index contributed by atoms with van der Waals surface area (Å²) >= 11 is 0. The van der Waals surface area contributed by atoms with E-state index in [1.807, 2.05) is 0 Å². The molecular formula is C13H26O. The fraction of sp³-hybridized carbons (Fsp3) is 1.00. The zero-order chi connectivity index (χ0) is 10.1. The maximum Gasteiger partial charge on any atom is 0.0540 e. The molecule has 0 amide bonds. The average Bonchev–Trinajstić information content (AvgIpc) is 2.20. The number of aliphatic hydroxyl groups is 1. The highest BCUT2D eigenvalue weighted by Gasteiger charge is 2.04. The van der Waals surface area contributed by atoms with Crippen LogP contribution in [0.25, 0.3) is 0 Å². The molecule has 1 aliphatic carbocycles. The van der Waals surface area contributed by atoms with Crippen LogP contribution in [-0.4, -0.2) is 11.2 Å². The van der Waals surface area contributed by atoms with E-state index in [1.54, 1.807) is 0 Å². The van der Waals surface area contributed by atoms with Crippen LogP contribution in [0.3, 0.4) is 0 Å². The van der Waals surface area contributed by atoms with Gasteiger partial charge in [0, 0.05) is 0 Å². The Kier molecular flexibility index (Phi) is 7.12. The summed E-state index contributed by atoms with van der Waals surface area (Å²) in [6, 6.07) is 0. The number of rotatable bonds is 0. The maximum absolute atomic E-state index is 9.66. The third-order valence-corrected chi connectivity index (χ3v) is 3.32. The molecule has 0 aromatic heterocycles. The van der Waals surface area contributed by atoms with Crippen LogP contribution in [0, 0.1) is 0 Å². The lowest BCUT2D eigenvalue weighted by Gasteiger charge is -2.09. The van der Waals surface area contributed by atoms with Crippen LogP contribution in [0.2, 0.25) is 0 Å². The van der Waals surface area contributed by atoms with Gasteiger partial charge in [-0.2, -0.15) is 0 Å². The lowest BCUT2D eigenvalue weighted by molar-refractivity contribution is 0.147. The SMILES string of the molecule is OC1CCCCCCCCCCCC1. The number of hydrogen-bond acceptors (Lipinski definition) is 1. The molecule has 1 fully saturated rings. The van der Waals surface area contributed by atoms with Crippen molar-refractivity contribution in [1.82, 2.24) is 0 Å². The summed E-state index contributed by atoms with van der Waals surface area (Å²) in [5, 5.41) is 9.66. The van der Waals surface area contributed by atoms with Crippen molar-refractivity contribution in [3.8, 4) is 0 Å². The summed E-state index contributed by atoms with van der Waals surface area (Å²) in [6.45, 7) is 0. The predicted molar refractivity (Wildman–Crippen MR) is 61.4 cm³/mol. The minimum Gasteiger partial charge on any atom is -0.393 e. The first-order valence-electron chi connectivity index (χ1n) is 6.57. The van der Waals surface area contributed by atoms with E-state index in [2.05, 4.69) is 0 Å². The van der Waals surface area contributed by atoms with E-state index in [0.717, 1.165) is 12.8 Å². The van der Waals surface area contributed by atoms with Crippen LogP contribution in [0.1, 0.15) is 77.0 Å². The Balaban J connectivity index is 2.12. The Morgan fingerprint density at radius 1 is 0.500 bits per heavy atom. The Bertz CT molecular complexity index is 108. The van der Waals surface area contributed by atoms with Crippen molar-refractivity contribution in [3.05, 3.63) is 0 Å². The Labute approximate surface area is 88.9 Å². The molecule has 0 bridgehead atoms. The molecule has 14 heavy (non-hydrogen) atoms. The fourth-order valence-corrected chi connectivity index (χ4v) is 2.32. The van der Waals surface area contributed by atoms with E-state index in [9.17, 15) is 5.11 Å². The highest BCUT2D eigenvalue weighted by atomic mass is 16.3. The molecule has 1 aliphatic rings. The molecule has 1 saturated carbocycles. The first-order chi connectivity index (χ1) is 6.89. The third kappa shape index (κ3) is 6.42. The van der Waals surface area contributed by atoms with Crippen molar-refractivity contribution in [1.29, 1.82) is 0 Å². The standard InChI is InChI=1S/C13H26O/c14-13-11-9-7-5-3-1-2-4-6-8-10-12-13/h13-14H,1-12H2. The molecule has 0 aromatic carbocycles. The molecule has 0 aliphatic heterocycles. The Morgan fingerprint density at radius 2 is 0.786 bits per heavy atom. The lowest BCUT2D eigenvalue weighted by Crippen LogP contribution is -2.05. The van der Waals surface area contributed by atoms with Gasteiger partial charge in [0.15, 0.2) is 0 Å². The lowest BCUT2D eigenvalue weighted by atomic mass is 10.0. The van der Waals surface area contributed by atoms with Crippen LogP contribution in [0.5, 0.6) is 0 Å². The molecular weight excluding hydrogens is 172 g/mol. The van der Waals surface area contributed by atoms with Gasteiger partial charge in [-0.25, -0.2) is 0 Å². The topological polar surface area (TPSA) is 20.2 Å². The molecule has 0 aromatic rings. The molecule has 0 saturated heterocycles. The third-order valence-electron chi connectivity index (χ3n) is 3.32. The second-order valence-electron chi connectivity index (χ2n) is 4.77. The van der Waals surface area contributed by atoms with Gasteiger partial charge in [0.25, 0.3) is 0 Å². The fourth-order valence-electron chi connectivity index (χ4n) is 2.32. The minimum absolute atomic E-state index is 0.00393. The molecule has 0 spiro atoms. The second kappa shape index (κ2) is 8.28. The van der Waals surface area contributed by atoms with E-state index in [4.69, 9.17) is 0 Å². The maximum atomic E-state index is 9.66. The zero-order valence-corrected chi connectivity index (χ0v) is 9.51. The van der Waals surface area contributed by atoms with Gasteiger partial charge in [-0.1, -0.05) is 64.2 Å². The van der Waals surface area contributed by atoms with Crippen molar-refractivity contribution in [2.75, 3.05) is 0 Å². The highest BCUT2D eigenvalue weighted by molar-refractivity contribution is 4.58. The monoisotopic (exact) mass is 198 g/mol. The van der Waals surface area contributed by atoms with Crippen LogP contribution in [0.4, 0.5) is 0 Å². The van der Waals surface area contributed by atoms with Gasteiger partial charge in [0.05, 0.1) is 6.10 Å².